The maximum atomic E-state index is 10.0. The number of alkyl carbamates (subject to hydrolysis) is 1. The van der Waals surface area contributed by atoms with Crippen molar-refractivity contribution in [3.8, 4) is 0 Å². The lowest BCUT2D eigenvalue weighted by atomic mass is 10.9. The molecule has 1 aliphatic rings. The van der Waals surface area contributed by atoms with Gasteiger partial charge in [0, 0.05) is 0 Å². The average molecular weight is 100 g/mol. The molecule has 0 atom stereocenters. The monoisotopic (exact) mass is 100 g/mol. The quantitative estimate of drug-likeness (QED) is 0.454. The van der Waals surface area contributed by atoms with Gasteiger partial charge in [0.15, 0.2) is 6.40 Å². The zero-order valence-electron chi connectivity index (χ0n) is 3.55. The highest BCUT2D eigenvalue weighted by Crippen LogP contribution is 1.78. The van der Waals surface area contributed by atoms with Crippen molar-refractivity contribution in [1.29, 1.82) is 0 Å². The van der Waals surface area contributed by atoms with Gasteiger partial charge >= 0.3 is 6.09 Å². The Morgan fingerprint density at radius 1 is 2.00 bits per heavy atom. The van der Waals surface area contributed by atoms with E-state index < -0.39 is 6.09 Å². The van der Waals surface area contributed by atoms with Crippen LogP contribution >= 0.6 is 0 Å². The highest BCUT2D eigenvalue weighted by molar-refractivity contribution is 5.77. The molecule has 0 radical (unpaired) electrons. The van der Waals surface area contributed by atoms with Gasteiger partial charge in [-0.2, -0.15) is 0 Å². The molecule has 1 aliphatic heterocycles. The topological polar surface area (TPSA) is 50.7 Å². The van der Waals surface area contributed by atoms with Crippen LogP contribution in [0.5, 0.6) is 0 Å². The van der Waals surface area contributed by atoms with Gasteiger partial charge in [-0.25, -0.2) is 9.79 Å². The minimum Gasteiger partial charge on any atom is -0.399 e. The molecule has 0 bridgehead atoms. The van der Waals surface area contributed by atoms with Gasteiger partial charge in [-0.15, -0.1) is 0 Å². The minimum absolute atomic E-state index is 0.332. The van der Waals surface area contributed by atoms with Gasteiger partial charge in [-0.05, 0) is 0 Å². The highest BCUT2D eigenvalue weighted by atomic mass is 16.5. The summed E-state index contributed by atoms with van der Waals surface area (Å²) >= 11 is 0. The Bertz CT molecular complexity index is 110. The lowest BCUT2D eigenvalue weighted by molar-refractivity contribution is 0.196. The summed E-state index contributed by atoms with van der Waals surface area (Å²) in [7, 11) is 0. The van der Waals surface area contributed by atoms with E-state index in [2.05, 4.69) is 15.0 Å². The second-order valence-electron chi connectivity index (χ2n) is 1.03. The molecule has 0 spiro atoms. The number of hydrogen-bond donors (Lipinski definition) is 1. The third-order valence-corrected chi connectivity index (χ3v) is 0.549. The molecule has 1 heterocycles. The normalized spacial score (nSPS) is 18.0. The summed E-state index contributed by atoms with van der Waals surface area (Å²) in [6.07, 6.45) is 0.689. The number of hydrogen-bond acceptors (Lipinski definition) is 3. The van der Waals surface area contributed by atoms with E-state index in [-0.39, 0.29) is 0 Å². The van der Waals surface area contributed by atoms with E-state index in [0.29, 0.717) is 6.67 Å². The molecule has 4 nitrogen and oxygen atoms in total. The van der Waals surface area contributed by atoms with Crippen LogP contribution in [0.3, 0.4) is 0 Å². The summed E-state index contributed by atoms with van der Waals surface area (Å²) in [6.45, 7) is 0.332. The van der Waals surface area contributed by atoms with Gasteiger partial charge in [0.25, 0.3) is 0 Å². The first-order valence-electron chi connectivity index (χ1n) is 1.82. The van der Waals surface area contributed by atoms with Crippen molar-refractivity contribution in [3.05, 3.63) is 0 Å². The molecule has 4 heteroatoms. The lowest BCUT2D eigenvalue weighted by Crippen LogP contribution is -2.27. The number of carbonyl (C=O) groups is 1. The number of carbonyl (C=O) groups excluding carboxylic acids is 1. The summed E-state index contributed by atoms with van der Waals surface area (Å²) in [5, 5.41) is 2.32. The van der Waals surface area contributed by atoms with Gasteiger partial charge in [-0.1, -0.05) is 0 Å². The van der Waals surface area contributed by atoms with E-state index in [1.54, 1.807) is 0 Å². The predicted molar refractivity (Wildman–Crippen MR) is 23.0 cm³/mol. The first kappa shape index (κ1) is 4.11. The summed E-state index contributed by atoms with van der Waals surface area (Å²) < 4.78 is 4.24. The van der Waals surface area contributed by atoms with Crippen LogP contribution in [0.2, 0.25) is 0 Å². The standard InChI is InChI=1S/C3H4N2O2/c6-3-5-1-4-2-7-3/h2H,1H2,(H,5,6). The highest BCUT2D eigenvalue weighted by Gasteiger charge is 1.99. The molecule has 0 aliphatic carbocycles. The minimum atomic E-state index is -0.435. The number of amides is 1. The van der Waals surface area contributed by atoms with Gasteiger partial charge < -0.3 is 10.1 Å². The van der Waals surface area contributed by atoms with Crippen LogP contribution in [-0.2, 0) is 4.74 Å². The maximum absolute atomic E-state index is 10.0. The summed E-state index contributed by atoms with van der Waals surface area (Å²) in [4.78, 5) is 13.6. The second kappa shape index (κ2) is 1.59. The first-order valence-corrected chi connectivity index (χ1v) is 1.82. The Kier molecular flexibility index (Phi) is 0.934. The van der Waals surface area contributed by atoms with Gasteiger partial charge in [0.1, 0.15) is 6.67 Å². The van der Waals surface area contributed by atoms with Crippen molar-refractivity contribution in [3.63, 3.8) is 0 Å². The van der Waals surface area contributed by atoms with E-state index in [4.69, 9.17) is 0 Å². The number of nitrogens with one attached hydrogen (secondary N) is 1. The van der Waals surface area contributed by atoms with Crippen molar-refractivity contribution < 1.29 is 9.53 Å². The van der Waals surface area contributed by atoms with Crippen LogP contribution in [0.25, 0.3) is 0 Å². The van der Waals surface area contributed by atoms with E-state index >= 15 is 0 Å². The number of aliphatic imine (C=N–C) groups is 1. The predicted octanol–water partition coefficient (Wildman–Crippen LogP) is -0.288. The van der Waals surface area contributed by atoms with Gasteiger partial charge in [-0.3, -0.25) is 0 Å². The molecule has 0 aromatic rings. The maximum Gasteiger partial charge on any atom is 0.414 e. The molecular weight excluding hydrogens is 96.0 g/mol. The largest absolute Gasteiger partial charge is 0.414 e. The van der Waals surface area contributed by atoms with Crippen molar-refractivity contribution in [1.82, 2.24) is 5.32 Å². The molecule has 1 rings (SSSR count). The fourth-order valence-electron chi connectivity index (χ4n) is 0.274. The number of ether oxygens (including phenoxy) is 1. The molecule has 0 unspecified atom stereocenters. The first-order chi connectivity index (χ1) is 3.39. The molecule has 0 aromatic carbocycles. The average Bonchev–Trinajstić information content (AvgIpc) is 1.69. The third-order valence-electron chi connectivity index (χ3n) is 0.549. The smallest absolute Gasteiger partial charge is 0.399 e. The van der Waals surface area contributed by atoms with E-state index in [1.165, 1.54) is 0 Å². The third kappa shape index (κ3) is 0.887. The van der Waals surface area contributed by atoms with Crippen LogP contribution in [0.4, 0.5) is 4.79 Å². The number of nitrogens with zero attached hydrogens (tertiary/aromatic N) is 1. The molecule has 7 heavy (non-hydrogen) atoms. The fourth-order valence-corrected chi connectivity index (χ4v) is 0.274. The van der Waals surface area contributed by atoms with Gasteiger partial charge in [0.2, 0.25) is 0 Å². The van der Waals surface area contributed by atoms with Crippen molar-refractivity contribution in [2.24, 2.45) is 4.99 Å². The Hall–Kier alpha value is -1.06. The van der Waals surface area contributed by atoms with Crippen molar-refractivity contribution in [2.75, 3.05) is 6.67 Å². The fraction of sp³-hybridized carbons (Fsp3) is 0.333. The van der Waals surface area contributed by atoms with E-state index in [1.807, 2.05) is 0 Å². The molecule has 0 saturated heterocycles. The number of rotatable bonds is 0. The van der Waals surface area contributed by atoms with Gasteiger partial charge in [0.05, 0.1) is 0 Å². The molecule has 38 valence electrons. The summed E-state index contributed by atoms with van der Waals surface area (Å²) in [5.41, 5.74) is 0. The summed E-state index contributed by atoms with van der Waals surface area (Å²) in [6, 6.07) is 0. The zero-order valence-corrected chi connectivity index (χ0v) is 3.55. The Morgan fingerprint density at radius 3 is 3.14 bits per heavy atom. The van der Waals surface area contributed by atoms with E-state index in [9.17, 15) is 4.79 Å². The van der Waals surface area contributed by atoms with Crippen LogP contribution in [0.1, 0.15) is 0 Å². The van der Waals surface area contributed by atoms with Crippen LogP contribution in [0, 0.1) is 0 Å². The Morgan fingerprint density at radius 2 is 2.86 bits per heavy atom. The van der Waals surface area contributed by atoms with Crippen LogP contribution in [0.15, 0.2) is 4.99 Å². The molecule has 0 aromatic heterocycles. The molecule has 0 saturated carbocycles. The van der Waals surface area contributed by atoms with Crippen molar-refractivity contribution >= 4 is 12.5 Å². The molecule has 1 N–H and O–H groups in total. The molecule has 1 amide bonds. The zero-order chi connectivity index (χ0) is 5.11. The van der Waals surface area contributed by atoms with Crippen LogP contribution < -0.4 is 5.32 Å². The molecule has 0 fully saturated rings. The van der Waals surface area contributed by atoms with Crippen LogP contribution in [-0.4, -0.2) is 19.2 Å². The van der Waals surface area contributed by atoms with Crippen molar-refractivity contribution in [2.45, 2.75) is 0 Å². The number of cyclic esters (lactones) is 1. The van der Waals surface area contributed by atoms with E-state index in [0.717, 1.165) is 6.40 Å². The lowest BCUT2D eigenvalue weighted by Gasteiger charge is -2.02. The Balaban J connectivity index is 2.47. The summed E-state index contributed by atoms with van der Waals surface area (Å²) in [5.74, 6) is 0. The second-order valence-corrected chi connectivity index (χ2v) is 1.03. The SMILES string of the molecule is O=C1NCN=CO1. The Labute approximate surface area is 40.2 Å². The molecular formula is C3H4N2O2.